The summed E-state index contributed by atoms with van der Waals surface area (Å²) in [5.74, 6) is -0.239. The highest BCUT2D eigenvalue weighted by Crippen LogP contribution is 2.49. The molecule has 1 aromatic carbocycles. The smallest absolute Gasteiger partial charge is 0.329 e. The third-order valence-corrected chi connectivity index (χ3v) is 7.02. The van der Waals surface area contributed by atoms with E-state index in [1.165, 1.54) is 33.1 Å². The zero-order chi connectivity index (χ0) is 21.6. The molecule has 0 unspecified atom stereocenters. The normalized spacial score (nSPS) is 27.6. The van der Waals surface area contributed by atoms with Crippen LogP contribution < -0.4 is 5.32 Å². The lowest BCUT2D eigenvalue weighted by Gasteiger charge is -2.29. The maximum Gasteiger partial charge on any atom is 0.329 e. The van der Waals surface area contributed by atoms with Crippen molar-refractivity contribution in [3.8, 4) is 0 Å². The molecule has 1 heterocycles. The summed E-state index contributed by atoms with van der Waals surface area (Å²) in [5.41, 5.74) is 0.542. The number of rotatable bonds is 6. The second kappa shape index (κ2) is 7.85. The Morgan fingerprint density at radius 1 is 1.03 bits per heavy atom. The van der Waals surface area contributed by atoms with Gasteiger partial charge in [-0.1, -0.05) is 18.6 Å². The largest absolute Gasteiger partial charge is 0.451 e. The first-order valence-corrected chi connectivity index (χ1v) is 10.8. The molecule has 4 rings (SSSR count). The van der Waals surface area contributed by atoms with Crippen LogP contribution in [0, 0.1) is 17.8 Å². The number of esters is 1. The van der Waals surface area contributed by atoms with Gasteiger partial charge >= 0.3 is 5.97 Å². The van der Waals surface area contributed by atoms with Gasteiger partial charge in [-0.15, -0.1) is 0 Å². The Labute approximate surface area is 176 Å². The molecule has 1 aliphatic heterocycles. The molecule has 7 nitrogen and oxygen atoms in total. The average molecular weight is 412 g/mol. The molecule has 7 heteroatoms. The fourth-order valence-electron chi connectivity index (χ4n) is 5.35. The van der Waals surface area contributed by atoms with Gasteiger partial charge in [0.15, 0.2) is 6.10 Å². The first kappa shape index (κ1) is 20.6. The number of imide groups is 1. The highest BCUT2D eigenvalue weighted by Gasteiger charge is 2.43. The highest BCUT2D eigenvalue weighted by atomic mass is 16.5. The number of ether oxygens (including phenoxy) is 1. The number of benzene rings is 1. The molecule has 0 saturated heterocycles. The summed E-state index contributed by atoms with van der Waals surface area (Å²) in [5, 5.41) is 2.99. The summed E-state index contributed by atoms with van der Waals surface area (Å²) >= 11 is 0. The van der Waals surface area contributed by atoms with E-state index in [4.69, 9.17) is 4.74 Å². The minimum Gasteiger partial charge on any atom is -0.451 e. The van der Waals surface area contributed by atoms with Crippen LogP contribution in [-0.4, -0.2) is 46.8 Å². The first-order chi connectivity index (χ1) is 14.3. The molecule has 6 atom stereocenters. The van der Waals surface area contributed by atoms with Gasteiger partial charge in [0.05, 0.1) is 11.1 Å². The summed E-state index contributed by atoms with van der Waals surface area (Å²) in [4.78, 5) is 51.1. The van der Waals surface area contributed by atoms with Crippen molar-refractivity contribution in [1.29, 1.82) is 0 Å². The van der Waals surface area contributed by atoms with Gasteiger partial charge in [-0.05, 0) is 69.9 Å². The van der Waals surface area contributed by atoms with Crippen LogP contribution >= 0.6 is 0 Å². The van der Waals surface area contributed by atoms with Gasteiger partial charge in [0.25, 0.3) is 17.7 Å². The molecule has 1 N–H and O–H groups in total. The molecule has 30 heavy (non-hydrogen) atoms. The number of carbonyl (C=O) groups excluding carboxylic acids is 4. The lowest BCUT2D eigenvalue weighted by molar-refractivity contribution is -0.158. The number of hydrogen-bond acceptors (Lipinski definition) is 5. The van der Waals surface area contributed by atoms with Gasteiger partial charge in [0, 0.05) is 6.04 Å². The first-order valence-electron chi connectivity index (χ1n) is 10.8. The van der Waals surface area contributed by atoms with Crippen molar-refractivity contribution in [1.82, 2.24) is 10.2 Å². The molecule has 2 aliphatic carbocycles. The number of nitrogens with zero attached hydrogens (tertiary/aromatic N) is 1. The van der Waals surface area contributed by atoms with Crippen LogP contribution in [-0.2, 0) is 14.3 Å². The van der Waals surface area contributed by atoms with E-state index in [1.807, 2.05) is 6.92 Å². The van der Waals surface area contributed by atoms with Crippen molar-refractivity contribution in [3.63, 3.8) is 0 Å². The predicted octanol–water partition coefficient (Wildman–Crippen LogP) is 2.54. The predicted molar refractivity (Wildman–Crippen MR) is 109 cm³/mol. The molecule has 2 fully saturated rings. The van der Waals surface area contributed by atoms with Crippen LogP contribution in [0.1, 0.15) is 67.2 Å². The Kier molecular flexibility index (Phi) is 5.38. The standard InChI is InChI=1S/C23H28N2O5/c1-12(19-11-15-8-9-16(19)10-15)24-20(26)14(3)30-23(29)13(2)25-21(27)17-6-4-5-7-18(17)22(25)28/h4-7,12-16,19H,8-11H2,1-3H3,(H,24,26)/t12-,13-,14+,15+,16+,19-/m0/s1. The van der Waals surface area contributed by atoms with Gasteiger partial charge < -0.3 is 10.1 Å². The van der Waals surface area contributed by atoms with Gasteiger partial charge in [0.1, 0.15) is 6.04 Å². The molecule has 0 spiro atoms. The zero-order valence-electron chi connectivity index (χ0n) is 17.6. The van der Waals surface area contributed by atoms with E-state index in [0.29, 0.717) is 11.8 Å². The van der Waals surface area contributed by atoms with E-state index in [2.05, 4.69) is 5.32 Å². The van der Waals surface area contributed by atoms with E-state index < -0.39 is 29.9 Å². The zero-order valence-corrected chi connectivity index (χ0v) is 17.6. The van der Waals surface area contributed by atoms with Crippen LogP contribution in [0.5, 0.6) is 0 Å². The van der Waals surface area contributed by atoms with Crippen LogP contribution in [0.15, 0.2) is 24.3 Å². The van der Waals surface area contributed by atoms with Crippen LogP contribution in [0.4, 0.5) is 0 Å². The number of nitrogens with one attached hydrogen (secondary N) is 1. The minimum atomic E-state index is -1.12. The summed E-state index contributed by atoms with van der Waals surface area (Å²) in [6.45, 7) is 4.96. The van der Waals surface area contributed by atoms with Gasteiger partial charge in [-0.3, -0.25) is 19.3 Å². The van der Waals surface area contributed by atoms with Gasteiger partial charge in [-0.25, -0.2) is 4.79 Å². The van der Waals surface area contributed by atoms with Crippen molar-refractivity contribution in [2.75, 3.05) is 0 Å². The van der Waals surface area contributed by atoms with Crippen molar-refractivity contribution < 1.29 is 23.9 Å². The van der Waals surface area contributed by atoms with Crippen molar-refractivity contribution >= 4 is 23.7 Å². The summed E-state index contributed by atoms with van der Waals surface area (Å²) in [7, 11) is 0. The number of carbonyl (C=O) groups is 4. The third-order valence-electron chi connectivity index (χ3n) is 7.02. The maximum absolute atomic E-state index is 12.6. The van der Waals surface area contributed by atoms with E-state index in [0.717, 1.165) is 17.2 Å². The monoisotopic (exact) mass is 412 g/mol. The van der Waals surface area contributed by atoms with Crippen LogP contribution in [0.3, 0.4) is 0 Å². The highest BCUT2D eigenvalue weighted by molar-refractivity contribution is 6.22. The topological polar surface area (TPSA) is 92.8 Å². The second-order valence-corrected chi connectivity index (χ2v) is 8.92. The average Bonchev–Trinajstić information content (AvgIpc) is 3.42. The summed E-state index contributed by atoms with van der Waals surface area (Å²) in [6.07, 6.45) is 3.93. The molecule has 3 amide bonds. The molecule has 2 bridgehead atoms. The van der Waals surface area contributed by atoms with Crippen molar-refractivity contribution in [2.45, 2.75) is 64.6 Å². The molecule has 0 radical (unpaired) electrons. The van der Waals surface area contributed by atoms with E-state index in [-0.39, 0.29) is 23.1 Å². The Bertz CT molecular complexity index is 862. The molecule has 1 aromatic rings. The molecule has 0 aromatic heterocycles. The SMILES string of the molecule is C[C@H](NC(=O)[C@@H](C)OC(=O)[C@H](C)N1C(=O)c2ccccc2C1=O)[C@@H]1C[C@@H]2CC[C@@H]1C2. The van der Waals surface area contributed by atoms with E-state index in [1.54, 1.807) is 24.3 Å². The van der Waals surface area contributed by atoms with Crippen molar-refractivity contribution in [3.05, 3.63) is 35.4 Å². The molecular formula is C23H28N2O5. The summed E-state index contributed by atoms with van der Waals surface area (Å²) < 4.78 is 5.31. The fourth-order valence-corrected chi connectivity index (χ4v) is 5.35. The Morgan fingerprint density at radius 3 is 2.20 bits per heavy atom. The lowest BCUT2D eigenvalue weighted by Crippen LogP contribution is -2.48. The minimum absolute atomic E-state index is 0.0302. The van der Waals surface area contributed by atoms with E-state index in [9.17, 15) is 19.2 Å². The Balaban J connectivity index is 1.33. The van der Waals surface area contributed by atoms with E-state index >= 15 is 0 Å². The molecule has 2 saturated carbocycles. The Morgan fingerprint density at radius 2 is 1.67 bits per heavy atom. The molecule has 3 aliphatic rings. The van der Waals surface area contributed by atoms with Crippen LogP contribution in [0.25, 0.3) is 0 Å². The van der Waals surface area contributed by atoms with Gasteiger partial charge in [-0.2, -0.15) is 0 Å². The number of hydrogen-bond donors (Lipinski definition) is 1. The fraction of sp³-hybridized carbons (Fsp3) is 0.565. The molecule has 160 valence electrons. The third kappa shape index (κ3) is 3.50. The quantitative estimate of drug-likeness (QED) is 0.573. The van der Waals surface area contributed by atoms with Crippen molar-refractivity contribution in [2.24, 2.45) is 17.8 Å². The lowest BCUT2D eigenvalue weighted by atomic mass is 9.84. The Hall–Kier alpha value is -2.70. The number of amides is 3. The van der Waals surface area contributed by atoms with Crippen LogP contribution in [0.2, 0.25) is 0 Å². The van der Waals surface area contributed by atoms with Gasteiger partial charge in [0.2, 0.25) is 0 Å². The molecular weight excluding hydrogens is 384 g/mol. The second-order valence-electron chi connectivity index (χ2n) is 8.92. The number of fused-ring (bicyclic) bond motifs is 3. The maximum atomic E-state index is 12.6. The summed E-state index contributed by atoms with van der Waals surface area (Å²) in [6, 6.07) is 5.36.